The second-order valence-electron chi connectivity index (χ2n) is 5.35. The van der Waals surface area contributed by atoms with E-state index in [1.165, 1.54) is 6.42 Å². The van der Waals surface area contributed by atoms with E-state index >= 15 is 0 Å². The fourth-order valence-corrected chi connectivity index (χ4v) is 2.62. The molecule has 1 amide bonds. The monoisotopic (exact) mass is 262 g/mol. The minimum atomic E-state index is 0. The SMILES string of the molecule is CC(C)OCC(=O)N1CCC2(CCNC2)C1.Cl. The Balaban J connectivity index is 0.00000144. The van der Waals surface area contributed by atoms with Crippen molar-refractivity contribution in [1.82, 2.24) is 10.2 Å². The summed E-state index contributed by atoms with van der Waals surface area (Å²) in [5, 5.41) is 3.40. The zero-order chi connectivity index (χ0) is 11.6. The van der Waals surface area contributed by atoms with Crippen LogP contribution in [-0.2, 0) is 9.53 Å². The van der Waals surface area contributed by atoms with Gasteiger partial charge in [0.15, 0.2) is 0 Å². The molecule has 0 aromatic rings. The van der Waals surface area contributed by atoms with E-state index in [9.17, 15) is 4.79 Å². The summed E-state index contributed by atoms with van der Waals surface area (Å²) in [6.45, 7) is 8.15. The van der Waals surface area contributed by atoms with Crippen LogP contribution < -0.4 is 5.32 Å². The molecule has 2 rings (SSSR count). The molecule has 1 spiro atoms. The highest BCUT2D eigenvalue weighted by Gasteiger charge is 2.41. The Bertz CT molecular complexity index is 265. The number of ether oxygens (including phenoxy) is 1. The summed E-state index contributed by atoms with van der Waals surface area (Å²) in [7, 11) is 0. The van der Waals surface area contributed by atoms with E-state index in [-0.39, 0.29) is 31.0 Å². The molecular weight excluding hydrogens is 240 g/mol. The first kappa shape index (κ1) is 14.7. The molecule has 4 nitrogen and oxygen atoms in total. The van der Waals surface area contributed by atoms with E-state index in [1.54, 1.807) is 0 Å². The average Bonchev–Trinajstić information content (AvgIpc) is 2.86. The smallest absolute Gasteiger partial charge is 0.248 e. The summed E-state index contributed by atoms with van der Waals surface area (Å²) in [4.78, 5) is 13.8. The standard InChI is InChI=1S/C12H22N2O2.ClH/c1-10(2)16-7-11(15)14-6-4-12(9-14)3-5-13-8-12;/h10,13H,3-9H2,1-2H3;1H. The molecular formula is C12H23ClN2O2. The Morgan fingerprint density at radius 1 is 1.47 bits per heavy atom. The van der Waals surface area contributed by atoms with Crippen LogP contribution in [0.5, 0.6) is 0 Å². The van der Waals surface area contributed by atoms with Crippen molar-refractivity contribution in [2.45, 2.75) is 32.8 Å². The van der Waals surface area contributed by atoms with Crippen molar-refractivity contribution in [1.29, 1.82) is 0 Å². The summed E-state index contributed by atoms with van der Waals surface area (Å²) >= 11 is 0. The number of likely N-dealkylation sites (tertiary alicyclic amines) is 1. The number of nitrogens with one attached hydrogen (secondary N) is 1. The number of hydrogen-bond acceptors (Lipinski definition) is 3. The van der Waals surface area contributed by atoms with Crippen molar-refractivity contribution >= 4 is 18.3 Å². The number of hydrogen-bond donors (Lipinski definition) is 1. The summed E-state index contributed by atoms with van der Waals surface area (Å²) in [5.41, 5.74) is 0.369. The second-order valence-corrected chi connectivity index (χ2v) is 5.35. The van der Waals surface area contributed by atoms with Crippen LogP contribution in [0.2, 0.25) is 0 Å². The van der Waals surface area contributed by atoms with Crippen molar-refractivity contribution in [2.75, 3.05) is 32.8 Å². The third-order valence-corrected chi connectivity index (χ3v) is 3.66. The summed E-state index contributed by atoms with van der Waals surface area (Å²) in [6.07, 6.45) is 2.49. The van der Waals surface area contributed by atoms with Crippen molar-refractivity contribution in [3.63, 3.8) is 0 Å². The maximum absolute atomic E-state index is 11.9. The summed E-state index contributed by atoms with van der Waals surface area (Å²) < 4.78 is 5.36. The van der Waals surface area contributed by atoms with Gasteiger partial charge in [-0.25, -0.2) is 0 Å². The van der Waals surface area contributed by atoms with E-state index < -0.39 is 0 Å². The minimum absolute atomic E-state index is 0. The molecule has 1 unspecified atom stereocenters. The lowest BCUT2D eigenvalue weighted by Crippen LogP contribution is -2.35. The molecule has 0 bridgehead atoms. The molecule has 2 aliphatic rings. The molecule has 2 saturated heterocycles. The summed E-state index contributed by atoms with van der Waals surface area (Å²) in [5.74, 6) is 0.150. The highest BCUT2D eigenvalue weighted by atomic mass is 35.5. The van der Waals surface area contributed by atoms with Gasteiger partial charge in [0.05, 0.1) is 6.10 Å². The van der Waals surface area contributed by atoms with Crippen LogP contribution in [-0.4, -0.2) is 49.7 Å². The molecule has 2 aliphatic heterocycles. The zero-order valence-electron chi connectivity index (χ0n) is 10.7. The molecule has 0 aromatic heterocycles. The van der Waals surface area contributed by atoms with Gasteiger partial charge < -0.3 is 15.0 Å². The first-order valence-electron chi connectivity index (χ1n) is 6.21. The van der Waals surface area contributed by atoms with Gasteiger partial charge in [0.1, 0.15) is 6.61 Å². The lowest BCUT2D eigenvalue weighted by molar-refractivity contribution is -0.136. The van der Waals surface area contributed by atoms with Crippen LogP contribution in [0.1, 0.15) is 26.7 Å². The zero-order valence-corrected chi connectivity index (χ0v) is 11.5. The van der Waals surface area contributed by atoms with E-state index in [2.05, 4.69) is 5.32 Å². The highest BCUT2D eigenvalue weighted by Crippen LogP contribution is 2.35. The van der Waals surface area contributed by atoms with Gasteiger partial charge >= 0.3 is 0 Å². The summed E-state index contributed by atoms with van der Waals surface area (Å²) in [6, 6.07) is 0. The minimum Gasteiger partial charge on any atom is -0.369 e. The lowest BCUT2D eigenvalue weighted by Gasteiger charge is -2.23. The Labute approximate surface area is 109 Å². The maximum Gasteiger partial charge on any atom is 0.248 e. The topological polar surface area (TPSA) is 41.6 Å². The van der Waals surface area contributed by atoms with Gasteiger partial charge in [-0.1, -0.05) is 0 Å². The van der Waals surface area contributed by atoms with Crippen LogP contribution >= 0.6 is 12.4 Å². The first-order chi connectivity index (χ1) is 7.61. The van der Waals surface area contributed by atoms with E-state index in [0.717, 1.165) is 32.6 Å². The molecule has 1 N–H and O–H groups in total. The normalized spacial score (nSPS) is 27.8. The molecule has 5 heteroatoms. The van der Waals surface area contributed by atoms with Crippen LogP contribution in [0.25, 0.3) is 0 Å². The van der Waals surface area contributed by atoms with Gasteiger partial charge in [-0.15, -0.1) is 12.4 Å². The molecule has 1 atom stereocenters. The van der Waals surface area contributed by atoms with Gasteiger partial charge in [0, 0.05) is 25.0 Å². The first-order valence-corrected chi connectivity index (χ1v) is 6.21. The van der Waals surface area contributed by atoms with Crippen LogP contribution in [0.15, 0.2) is 0 Å². The third-order valence-electron chi connectivity index (χ3n) is 3.66. The van der Waals surface area contributed by atoms with Crippen molar-refractivity contribution in [3.8, 4) is 0 Å². The van der Waals surface area contributed by atoms with Crippen molar-refractivity contribution in [3.05, 3.63) is 0 Å². The molecule has 0 saturated carbocycles. The Morgan fingerprint density at radius 2 is 2.24 bits per heavy atom. The van der Waals surface area contributed by atoms with E-state index in [0.29, 0.717) is 5.41 Å². The highest BCUT2D eigenvalue weighted by molar-refractivity contribution is 5.85. The fourth-order valence-electron chi connectivity index (χ4n) is 2.62. The Hall–Kier alpha value is -0.320. The van der Waals surface area contributed by atoms with Gasteiger partial charge in [-0.2, -0.15) is 0 Å². The molecule has 100 valence electrons. The Morgan fingerprint density at radius 3 is 2.82 bits per heavy atom. The molecule has 2 heterocycles. The number of rotatable bonds is 3. The quantitative estimate of drug-likeness (QED) is 0.827. The predicted molar refractivity (Wildman–Crippen MR) is 69.5 cm³/mol. The third kappa shape index (κ3) is 3.57. The number of halogens is 1. The molecule has 0 radical (unpaired) electrons. The molecule has 17 heavy (non-hydrogen) atoms. The van der Waals surface area contributed by atoms with Gasteiger partial charge in [-0.3, -0.25) is 4.79 Å². The molecule has 2 fully saturated rings. The number of carbonyl (C=O) groups is 1. The molecule has 0 aromatic carbocycles. The maximum atomic E-state index is 11.9. The van der Waals surface area contributed by atoms with E-state index in [4.69, 9.17) is 4.74 Å². The van der Waals surface area contributed by atoms with Crippen LogP contribution in [0, 0.1) is 5.41 Å². The fraction of sp³-hybridized carbons (Fsp3) is 0.917. The van der Waals surface area contributed by atoms with Crippen LogP contribution in [0.4, 0.5) is 0 Å². The lowest BCUT2D eigenvalue weighted by atomic mass is 9.87. The predicted octanol–water partition coefficient (Wildman–Crippen LogP) is 1.05. The second kappa shape index (κ2) is 6.03. The van der Waals surface area contributed by atoms with E-state index in [1.807, 2.05) is 18.7 Å². The van der Waals surface area contributed by atoms with Gasteiger partial charge in [-0.05, 0) is 33.2 Å². The van der Waals surface area contributed by atoms with Gasteiger partial charge in [0.2, 0.25) is 5.91 Å². The number of carbonyl (C=O) groups excluding carboxylic acids is 1. The molecule has 0 aliphatic carbocycles. The van der Waals surface area contributed by atoms with Gasteiger partial charge in [0.25, 0.3) is 0 Å². The number of amides is 1. The number of nitrogens with zero attached hydrogens (tertiary/aromatic N) is 1. The largest absolute Gasteiger partial charge is 0.369 e. The Kier molecular flexibility index (Phi) is 5.22. The van der Waals surface area contributed by atoms with Crippen molar-refractivity contribution in [2.24, 2.45) is 5.41 Å². The van der Waals surface area contributed by atoms with Crippen molar-refractivity contribution < 1.29 is 9.53 Å². The van der Waals surface area contributed by atoms with Crippen LogP contribution in [0.3, 0.4) is 0 Å². The average molecular weight is 263 g/mol.